The van der Waals surface area contributed by atoms with Crippen LogP contribution < -0.4 is 0 Å². The Morgan fingerprint density at radius 1 is 0.889 bits per heavy atom. The van der Waals surface area contributed by atoms with E-state index in [0.717, 1.165) is 65.0 Å². The SMILES string of the molecule is C[C@]12CC=C3C(CC[C@]45CC6(CC[C@]34O5)OCCO6)C1CCC21OCCO1. The van der Waals surface area contributed by atoms with Crippen LogP contribution in [-0.2, 0) is 23.7 Å². The van der Waals surface area contributed by atoms with Crippen molar-refractivity contribution in [3.63, 3.8) is 0 Å². The van der Waals surface area contributed by atoms with Crippen molar-refractivity contribution in [1.82, 2.24) is 0 Å². The zero-order valence-electron chi connectivity index (χ0n) is 16.3. The van der Waals surface area contributed by atoms with Gasteiger partial charge in [0.15, 0.2) is 11.6 Å². The Bertz CT molecular complexity index is 720. The number of rotatable bonds is 0. The number of epoxide rings is 1. The summed E-state index contributed by atoms with van der Waals surface area (Å²) in [5.41, 5.74) is 1.67. The van der Waals surface area contributed by atoms with Crippen molar-refractivity contribution in [2.45, 2.75) is 81.1 Å². The van der Waals surface area contributed by atoms with Gasteiger partial charge in [0.2, 0.25) is 0 Å². The second-order valence-electron chi connectivity index (χ2n) is 10.2. The Morgan fingerprint density at radius 3 is 2.48 bits per heavy atom. The average molecular weight is 374 g/mol. The first-order valence-corrected chi connectivity index (χ1v) is 11.0. The van der Waals surface area contributed by atoms with Crippen molar-refractivity contribution in [3.8, 4) is 0 Å². The molecule has 3 saturated carbocycles. The predicted octanol–water partition coefficient (Wildman–Crippen LogP) is 3.32. The van der Waals surface area contributed by atoms with Gasteiger partial charge in [-0.05, 0) is 49.5 Å². The Morgan fingerprint density at radius 2 is 1.67 bits per heavy atom. The molecule has 3 aliphatic heterocycles. The van der Waals surface area contributed by atoms with E-state index in [-0.39, 0.29) is 28.2 Å². The van der Waals surface area contributed by atoms with Gasteiger partial charge in [-0.2, -0.15) is 0 Å². The lowest BCUT2D eigenvalue weighted by molar-refractivity contribution is -0.228. The number of hydrogen-bond acceptors (Lipinski definition) is 5. The fraction of sp³-hybridized carbons (Fsp3) is 0.909. The van der Waals surface area contributed by atoms with Gasteiger partial charge in [-0.3, -0.25) is 0 Å². The number of fused-ring (bicyclic) bond motifs is 4. The molecule has 0 aromatic carbocycles. The maximum atomic E-state index is 6.68. The van der Waals surface area contributed by atoms with Crippen molar-refractivity contribution in [2.24, 2.45) is 17.3 Å². The molecule has 5 atom stereocenters. The first-order valence-electron chi connectivity index (χ1n) is 11.0. The third-order valence-corrected chi connectivity index (χ3v) is 9.47. The van der Waals surface area contributed by atoms with Gasteiger partial charge in [0, 0.05) is 24.7 Å². The van der Waals surface area contributed by atoms with Crippen LogP contribution in [0.4, 0.5) is 0 Å². The molecule has 2 unspecified atom stereocenters. The molecule has 0 N–H and O–H groups in total. The van der Waals surface area contributed by atoms with Crippen LogP contribution in [0.25, 0.3) is 0 Å². The highest BCUT2D eigenvalue weighted by Crippen LogP contribution is 2.74. The minimum atomic E-state index is -0.362. The average Bonchev–Trinajstić information content (AvgIpc) is 3.04. The standard InChI is InChI=1S/C22H30O5/c1-18-5-3-17-15(16(18)4-7-22(18)25-12-13-26-22)2-6-19-14-20(23-10-11-24-20)8-9-21(17,19)27-19/h3,15-16H,2,4-14H2,1H3/t15?,16?,18-,19-,21-/m0/s1. The molecule has 7 aliphatic rings. The molecule has 0 aromatic rings. The fourth-order valence-electron chi connectivity index (χ4n) is 8.22. The second-order valence-corrected chi connectivity index (χ2v) is 10.2. The van der Waals surface area contributed by atoms with Gasteiger partial charge in [-0.15, -0.1) is 0 Å². The zero-order valence-corrected chi connectivity index (χ0v) is 16.3. The molecule has 7 rings (SSSR count). The molecule has 148 valence electrons. The smallest absolute Gasteiger partial charge is 0.174 e. The van der Waals surface area contributed by atoms with Crippen molar-refractivity contribution in [3.05, 3.63) is 11.6 Å². The van der Waals surface area contributed by atoms with Crippen LogP contribution in [0.1, 0.15) is 58.3 Å². The third-order valence-electron chi connectivity index (χ3n) is 9.47. The summed E-state index contributed by atoms with van der Waals surface area (Å²) >= 11 is 0. The maximum Gasteiger partial charge on any atom is 0.174 e. The minimum absolute atomic E-state index is 0.0229. The highest BCUT2D eigenvalue weighted by Gasteiger charge is 2.80. The molecule has 5 nitrogen and oxygen atoms in total. The molecular weight excluding hydrogens is 344 g/mol. The van der Waals surface area contributed by atoms with Gasteiger partial charge in [-0.1, -0.05) is 13.0 Å². The van der Waals surface area contributed by atoms with Crippen LogP contribution in [0.15, 0.2) is 11.6 Å². The largest absolute Gasteiger partial charge is 0.358 e. The monoisotopic (exact) mass is 374 g/mol. The van der Waals surface area contributed by atoms with E-state index in [4.69, 9.17) is 23.7 Å². The van der Waals surface area contributed by atoms with Gasteiger partial charge in [0.1, 0.15) is 11.2 Å². The molecule has 0 aromatic heterocycles. The van der Waals surface area contributed by atoms with Crippen LogP contribution in [-0.4, -0.2) is 49.2 Å². The Labute approximate surface area is 160 Å². The Hall–Kier alpha value is -0.460. The highest BCUT2D eigenvalue weighted by molar-refractivity contribution is 5.43. The lowest BCUT2D eigenvalue weighted by Crippen LogP contribution is -2.54. The van der Waals surface area contributed by atoms with E-state index in [1.165, 1.54) is 12.8 Å². The quantitative estimate of drug-likeness (QED) is 0.481. The lowest BCUT2D eigenvalue weighted by atomic mass is 9.54. The molecule has 27 heavy (non-hydrogen) atoms. The Kier molecular flexibility index (Phi) is 2.91. The van der Waals surface area contributed by atoms with Gasteiger partial charge in [0.05, 0.1) is 26.4 Å². The van der Waals surface area contributed by atoms with Crippen molar-refractivity contribution < 1.29 is 23.7 Å². The van der Waals surface area contributed by atoms with E-state index < -0.39 is 0 Å². The van der Waals surface area contributed by atoms with E-state index in [1.807, 2.05) is 0 Å². The summed E-state index contributed by atoms with van der Waals surface area (Å²) < 4.78 is 31.3. The topological polar surface area (TPSA) is 49.5 Å². The first kappa shape index (κ1) is 16.3. The number of ether oxygens (including phenoxy) is 5. The van der Waals surface area contributed by atoms with E-state index in [9.17, 15) is 0 Å². The van der Waals surface area contributed by atoms with Gasteiger partial charge in [-0.25, -0.2) is 0 Å². The second kappa shape index (κ2) is 4.81. The molecule has 0 bridgehead atoms. The van der Waals surface area contributed by atoms with Crippen LogP contribution in [0.2, 0.25) is 0 Å². The van der Waals surface area contributed by atoms with Crippen LogP contribution >= 0.6 is 0 Å². The summed E-state index contributed by atoms with van der Waals surface area (Å²) in [6, 6.07) is 0. The molecule has 5 heteroatoms. The summed E-state index contributed by atoms with van der Waals surface area (Å²) in [4.78, 5) is 0. The summed E-state index contributed by atoms with van der Waals surface area (Å²) in [7, 11) is 0. The van der Waals surface area contributed by atoms with Gasteiger partial charge < -0.3 is 23.7 Å². The fourth-order valence-corrected chi connectivity index (χ4v) is 8.22. The summed E-state index contributed by atoms with van der Waals surface area (Å²) in [5, 5.41) is 0. The summed E-state index contributed by atoms with van der Waals surface area (Å²) in [6.07, 6.45) is 11.2. The van der Waals surface area contributed by atoms with E-state index in [2.05, 4.69) is 13.0 Å². The van der Waals surface area contributed by atoms with Crippen LogP contribution in [0.5, 0.6) is 0 Å². The summed E-state index contributed by atoms with van der Waals surface area (Å²) in [5.74, 6) is 0.589. The van der Waals surface area contributed by atoms with Crippen LogP contribution in [0, 0.1) is 17.3 Å². The molecule has 0 radical (unpaired) electrons. The third kappa shape index (κ3) is 1.73. The molecule has 3 saturated heterocycles. The maximum absolute atomic E-state index is 6.68. The number of allylic oxidation sites excluding steroid dienone is 1. The van der Waals surface area contributed by atoms with Crippen molar-refractivity contribution in [1.29, 1.82) is 0 Å². The Balaban J connectivity index is 1.24. The normalized spacial score (nSPS) is 53.6. The van der Waals surface area contributed by atoms with E-state index in [0.29, 0.717) is 11.8 Å². The van der Waals surface area contributed by atoms with Gasteiger partial charge in [0.25, 0.3) is 0 Å². The molecule has 2 spiro atoms. The van der Waals surface area contributed by atoms with Crippen molar-refractivity contribution >= 4 is 0 Å². The van der Waals surface area contributed by atoms with Crippen molar-refractivity contribution in [2.75, 3.05) is 26.4 Å². The van der Waals surface area contributed by atoms with E-state index >= 15 is 0 Å². The van der Waals surface area contributed by atoms with Crippen LogP contribution in [0.3, 0.4) is 0 Å². The number of hydrogen-bond donors (Lipinski definition) is 0. The lowest BCUT2D eigenvalue weighted by Gasteiger charge is -2.51. The molecular formula is C22H30O5. The highest BCUT2D eigenvalue weighted by atomic mass is 16.7. The molecule has 4 aliphatic carbocycles. The van der Waals surface area contributed by atoms with Gasteiger partial charge >= 0.3 is 0 Å². The predicted molar refractivity (Wildman–Crippen MR) is 95.9 cm³/mol. The summed E-state index contributed by atoms with van der Waals surface area (Å²) in [6.45, 7) is 5.39. The molecule has 6 fully saturated rings. The van der Waals surface area contributed by atoms with E-state index in [1.54, 1.807) is 5.57 Å². The minimum Gasteiger partial charge on any atom is -0.358 e. The molecule has 0 amide bonds. The zero-order chi connectivity index (χ0) is 18.0. The molecule has 3 heterocycles. The first-order chi connectivity index (χ1) is 13.1.